The van der Waals surface area contributed by atoms with Crippen LogP contribution in [0.2, 0.25) is 0 Å². The molecule has 2 heterocycles. The summed E-state index contributed by atoms with van der Waals surface area (Å²) in [7, 11) is 6.53. The van der Waals surface area contributed by atoms with Crippen molar-refractivity contribution in [3.8, 4) is 23.0 Å². The third kappa shape index (κ3) is 7.55. The first-order chi connectivity index (χ1) is 28.3. The average Bonchev–Trinajstić information content (AvgIpc) is 3.28. The highest BCUT2D eigenvalue weighted by molar-refractivity contribution is 5.97. The van der Waals surface area contributed by atoms with Gasteiger partial charge < -0.3 is 38.2 Å². The van der Waals surface area contributed by atoms with Crippen molar-refractivity contribution < 1.29 is 38.0 Å². The van der Waals surface area contributed by atoms with Crippen molar-refractivity contribution in [1.29, 1.82) is 0 Å². The Balaban J connectivity index is 1.04. The van der Waals surface area contributed by atoms with E-state index in [0.717, 1.165) is 57.1 Å². The van der Waals surface area contributed by atoms with E-state index in [1.807, 2.05) is 146 Å². The Kier molecular flexibility index (Phi) is 10.5. The Morgan fingerprint density at radius 2 is 0.586 bits per heavy atom. The van der Waals surface area contributed by atoms with Crippen molar-refractivity contribution in [1.82, 2.24) is 0 Å². The zero-order valence-corrected chi connectivity index (χ0v) is 32.3. The third-order valence-corrected chi connectivity index (χ3v) is 10.2. The molecule has 0 aromatic heterocycles. The highest BCUT2D eigenvalue weighted by atomic mass is 16.6. The largest absolute Gasteiger partial charge is 0.497 e. The van der Waals surface area contributed by atoms with Gasteiger partial charge in [-0.1, -0.05) is 0 Å². The van der Waals surface area contributed by atoms with E-state index in [1.54, 1.807) is 40.6 Å². The monoisotopic (exact) mass is 772 g/mol. The maximum Gasteiger partial charge on any atom is 0.319 e. The van der Waals surface area contributed by atoms with E-state index in [4.69, 9.17) is 28.4 Å². The molecule has 0 saturated carbocycles. The van der Waals surface area contributed by atoms with Crippen LogP contribution in [0, 0.1) is 11.8 Å². The summed E-state index contributed by atoms with van der Waals surface area (Å²) in [5.74, 6) is 0.858. The van der Waals surface area contributed by atoms with Crippen LogP contribution in [0.1, 0.15) is 11.1 Å². The number of carbonyl (C=O) groups is 2. The summed E-state index contributed by atoms with van der Waals surface area (Å²) in [6.07, 6.45) is 3.35. The fraction of sp³-hybridized carbons (Fsp3) is 0.125. The molecule has 0 aliphatic carbocycles. The number of carbonyl (C=O) groups excluding carboxylic acids is 2. The number of anilines is 6. The predicted octanol–water partition coefficient (Wildman–Crippen LogP) is 10.4. The van der Waals surface area contributed by atoms with Crippen molar-refractivity contribution in [3.63, 3.8) is 0 Å². The van der Waals surface area contributed by atoms with Crippen LogP contribution in [0.15, 0.2) is 158 Å². The highest BCUT2D eigenvalue weighted by Gasteiger charge is 2.42. The Labute approximate surface area is 336 Å². The van der Waals surface area contributed by atoms with Crippen molar-refractivity contribution in [3.05, 3.63) is 169 Å². The molecule has 290 valence electrons. The Morgan fingerprint density at radius 1 is 0.362 bits per heavy atom. The summed E-state index contributed by atoms with van der Waals surface area (Å²) in [5.41, 5.74) is 6.70. The van der Waals surface area contributed by atoms with Gasteiger partial charge in [-0.3, -0.25) is 9.59 Å². The van der Waals surface area contributed by atoms with E-state index in [2.05, 4.69) is 9.80 Å². The van der Waals surface area contributed by atoms with Gasteiger partial charge in [0.25, 0.3) is 0 Å². The third-order valence-electron chi connectivity index (χ3n) is 10.2. The minimum Gasteiger partial charge on any atom is -0.497 e. The van der Waals surface area contributed by atoms with Gasteiger partial charge in [0, 0.05) is 45.3 Å². The number of methoxy groups -OCH3 is 4. The number of esters is 2. The molecule has 0 fully saturated rings. The molecule has 2 atom stereocenters. The zero-order chi connectivity index (χ0) is 40.2. The van der Waals surface area contributed by atoms with Gasteiger partial charge in [0.2, 0.25) is 0 Å². The average molecular weight is 773 g/mol. The molecule has 0 amide bonds. The van der Waals surface area contributed by atoms with Gasteiger partial charge in [0.1, 0.15) is 34.5 Å². The minimum absolute atomic E-state index is 0.300. The molecule has 0 saturated heterocycles. The molecule has 2 unspecified atom stereocenters. The minimum atomic E-state index is -0.838. The lowest BCUT2D eigenvalue weighted by molar-refractivity contribution is -0.152. The summed E-state index contributed by atoms with van der Waals surface area (Å²) in [5, 5.41) is 0. The molecule has 2 aliphatic heterocycles. The molecule has 0 bridgehead atoms. The normalized spacial score (nSPS) is 15.8. The number of hydrogen-bond acceptors (Lipinski definition) is 10. The quantitative estimate of drug-likeness (QED) is 0.112. The molecule has 2 aliphatic rings. The summed E-state index contributed by atoms with van der Waals surface area (Å²) < 4.78 is 33.3. The van der Waals surface area contributed by atoms with Crippen LogP contribution in [0.25, 0.3) is 11.5 Å². The molecule has 0 radical (unpaired) electrons. The molecule has 6 aromatic carbocycles. The first-order valence-electron chi connectivity index (χ1n) is 18.6. The second kappa shape index (κ2) is 16.3. The topological polar surface area (TPSA) is 96.0 Å². The fourth-order valence-corrected chi connectivity index (χ4v) is 7.06. The van der Waals surface area contributed by atoms with Gasteiger partial charge in [-0.2, -0.15) is 0 Å². The van der Waals surface area contributed by atoms with E-state index in [-0.39, 0.29) is 0 Å². The standard InChI is InChI=1S/C48H40N2O8/c1-53-39-21-13-35(14-22-39)49(36-15-23-40(54-2)24-16-36)33-9-5-31(6-10-33)45-29-43-44(47(51)57-45)30-46(58-48(43)52)32-7-11-34(12-8-32)50(37-17-25-41(55-3)26-18-37)38-19-27-42(56-4)28-20-38/h5-30,43-44H,1-4H3. The van der Waals surface area contributed by atoms with Gasteiger partial charge in [-0.05, 0) is 158 Å². The van der Waals surface area contributed by atoms with Crippen LogP contribution in [0.5, 0.6) is 23.0 Å². The summed E-state index contributed by atoms with van der Waals surface area (Å²) in [6.45, 7) is 0. The van der Waals surface area contributed by atoms with Crippen LogP contribution < -0.4 is 28.7 Å². The molecule has 0 spiro atoms. The van der Waals surface area contributed by atoms with Gasteiger partial charge in [0.15, 0.2) is 0 Å². The molecule has 10 nitrogen and oxygen atoms in total. The molecule has 8 rings (SSSR count). The van der Waals surface area contributed by atoms with E-state index in [1.165, 1.54) is 0 Å². The summed E-state index contributed by atoms with van der Waals surface area (Å²) in [4.78, 5) is 31.3. The van der Waals surface area contributed by atoms with Crippen molar-refractivity contribution in [2.24, 2.45) is 11.8 Å². The SMILES string of the molecule is COc1ccc(N(c2ccc(OC)cc2)c2ccc(C3=CC4C(=O)OC(c5ccc(N(c6ccc(OC)cc6)c6ccc(OC)cc6)cc5)=CC4C(=O)O3)cc2)cc1. The molecular formula is C48H40N2O8. The van der Waals surface area contributed by atoms with Crippen LogP contribution in [-0.4, -0.2) is 40.4 Å². The van der Waals surface area contributed by atoms with Crippen molar-refractivity contribution in [2.75, 3.05) is 38.2 Å². The van der Waals surface area contributed by atoms with Crippen LogP contribution in [0.3, 0.4) is 0 Å². The maximum absolute atomic E-state index is 13.6. The summed E-state index contributed by atoms with van der Waals surface area (Å²) in [6, 6.07) is 46.3. The first kappa shape index (κ1) is 37.5. The van der Waals surface area contributed by atoms with Crippen molar-refractivity contribution in [2.45, 2.75) is 0 Å². The Bertz CT molecular complexity index is 2190. The van der Waals surface area contributed by atoms with E-state index in [9.17, 15) is 9.59 Å². The first-order valence-corrected chi connectivity index (χ1v) is 18.6. The van der Waals surface area contributed by atoms with Crippen LogP contribution in [0.4, 0.5) is 34.1 Å². The van der Waals surface area contributed by atoms with E-state index in [0.29, 0.717) is 22.6 Å². The second-order valence-corrected chi connectivity index (χ2v) is 13.5. The van der Waals surface area contributed by atoms with Gasteiger partial charge in [-0.15, -0.1) is 0 Å². The Hall–Kier alpha value is -7.46. The molecule has 6 aromatic rings. The number of cyclic esters (lactones) is 2. The van der Waals surface area contributed by atoms with Gasteiger partial charge >= 0.3 is 11.9 Å². The smallest absolute Gasteiger partial charge is 0.319 e. The van der Waals surface area contributed by atoms with Crippen LogP contribution >= 0.6 is 0 Å². The predicted molar refractivity (Wildman–Crippen MR) is 224 cm³/mol. The number of fused-ring (bicyclic) bond motifs is 1. The fourth-order valence-electron chi connectivity index (χ4n) is 7.06. The highest BCUT2D eigenvalue weighted by Crippen LogP contribution is 2.41. The lowest BCUT2D eigenvalue weighted by atomic mass is 9.86. The lowest BCUT2D eigenvalue weighted by Gasteiger charge is -2.30. The van der Waals surface area contributed by atoms with E-state index >= 15 is 0 Å². The zero-order valence-electron chi connectivity index (χ0n) is 32.3. The van der Waals surface area contributed by atoms with E-state index < -0.39 is 23.8 Å². The number of nitrogens with zero attached hydrogens (tertiary/aromatic N) is 2. The number of rotatable bonds is 12. The number of hydrogen-bond donors (Lipinski definition) is 0. The Morgan fingerprint density at radius 3 is 0.810 bits per heavy atom. The lowest BCUT2D eigenvalue weighted by Crippen LogP contribution is -2.36. The van der Waals surface area contributed by atoms with Gasteiger partial charge in [-0.25, -0.2) is 0 Å². The molecule has 10 heteroatoms. The second-order valence-electron chi connectivity index (χ2n) is 13.5. The molecule has 0 N–H and O–H groups in total. The van der Waals surface area contributed by atoms with Crippen molar-refractivity contribution >= 4 is 57.6 Å². The number of benzene rings is 6. The van der Waals surface area contributed by atoms with Gasteiger partial charge in [0.05, 0.1) is 40.3 Å². The molecule has 58 heavy (non-hydrogen) atoms. The van der Waals surface area contributed by atoms with Crippen LogP contribution in [-0.2, 0) is 19.1 Å². The molecular weight excluding hydrogens is 733 g/mol. The maximum atomic E-state index is 13.6. The number of ether oxygens (including phenoxy) is 6. The summed E-state index contributed by atoms with van der Waals surface area (Å²) >= 11 is 0.